The molecule has 1 aliphatic heterocycles. The van der Waals surface area contributed by atoms with Crippen LogP contribution in [0, 0.1) is 27.7 Å². The van der Waals surface area contributed by atoms with Crippen LogP contribution in [0.25, 0.3) is 6.08 Å². The van der Waals surface area contributed by atoms with Crippen LogP contribution in [0.15, 0.2) is 62.9 Å². The number of phenols is 1. The minimum absolute atomic E-state index is 0.00593. The van der Waals surface area contributed by atoms with Crippen LogP contribution in [0.3, 0.4) is 0 Å². The van der Waals surface area contributed by atoms with Gasteiger partial charge in [0.1, 0.15) is 0 Å². The lowest BCUT2D eigenvalue weighted by molar-refractivity contribution is -0.113. The number of amidine groups is 1. The Labute approximate surface area is 218 Å². The highest BCUT2D eigenvalue weighted by molar-refractivity contribution is 9.10. The van der Waals surface area contributed by atoms with Gasteiger partial charge in [-0.3, -0.25) is 9.69 Å². The fraction of sp³-hybridized carbons (Fsp3) is 0.214. The first-order valence-corrected chi connectivity index (χ1v) is 12.9. The van der Waals surface area contributed by atoms with Gasteiger partial charge in [0.15, 0.2) is 16.7 Å². The Hall–Kier alpha value is -3.03. The molecule has 0 unspecified atom stereocenters. The third-order valence-corrected chi connectivity index (χ3v) is 6.78. The number of carbonyl (C=O) groups excluding carboxylic acids is 1. The van der Waals surface area contributed by atoms with Crippen molar-refractivity contribution in [3.05, 3.63) is 85.7 Å². The Bertz CT molecular complexity index is 1340. The summed E-state index contributed by atoms with van der Waals surface area (Å²) in [5, 5.41) is 11.3. The summed E-state index contributed by atoms with van der Waals surface area (Å²) < 4.78 is 6.30. The molecule has 1 heterocycles. The smallest absolute Gasteiger partial charge is 0.271 e. The number of amides is 1. The predicted molar refractivity (Wildman–Crippen MR) is 149 cm³/mol. The first kappa shape index (κ1) is 25.1. The summed E-state index contributed by atoms with van der Waals surface area (Å²) in [5.41, 5.74) is 6.38. The Kier molecular flexibility index (Phi) is 7.38. The lowest BCUT2D eigenvalue weighted by Crippen LogP contribution is -2.28. The zero-order chi connectivity index (χ0) is 25.3. The van der Waals surface area contributed by atoms with E-state index in [1.54, 1.807) is 23.1 Å². The number of anilines is 1. The molecule has 3 aromatic rings. The molecule has 4 rings (SSSR count). The molecule has 1 saturated heterocycles. The number of carbonyl (C=O) groups is 1. The van der Waals surface area contributed by atoms with Crippen LogP contribution in [0.2, 0.25) is 0 Å². The fourth-order valence-electron chi connectivity index (χ4n) is 4.09. The predicted octanol–water partition coefficient (Wildman–Crippen LogP) is 7.60. The van der Waals surface area contributed by atoms with Gasteiger partial charge in [-0.1, -0.05) is 28.1 Å². The summed E-state index contributed by atoms with van der Waals surface area (Å²) in [6.07, 6.45) is 1.69. The van der Waals surface area contributed by atoms with Crippen molar-refractivity contribution in [3.63, 3.8) is 0 Å². The number of aryl methyl sites for hydroxylation is 4. The quantitative estimate of drug-likeness (QED) is 0.332. The maximum Gasteiger partial charge on any atom is 0.271 e. The molecule has 5 nitrogen and oxygen atoms in total. The van der Waals surface area contributed by atoms with Crippen LogP contribution < -0.4 is 9.64 Å². The lowest BCUT2D eigenvalue weighted by atomic mass is 10.1. The van der Waals surface area contributed by atoms with Gasteiger partial charge in [-0.05, 0) is 111 Å². The number of thioether (sulfide) groups is 1. The molecule has 1 fully saturated rings. The van der Waals surface area contributed by atoms with Crippen LogP contribution in [-0.2, 0) is 4.79 Å². The van der Waals surface area contributed by atoms with Crippen molar-refractivity contribution >= 4 is 56.2 Å². The van der Waals surface area contributed by atoms with Crippen molar-refractivity contribution in [1.82, 2.24) is 0 Å². The van der Waals surface area contributed by atoms with E-state index in [9.17, 15) is 9.90 Å². The Morgan fingerprint density at radius 1 is 0.971 bits per heavy atom. The number of aliphatic imine (C=N–C) groups is 1. The minimum Gasteiger partial charge on any atom is -0.504 e. The molecule has 0 aliphatic carbocycles. The van der Waals surface area contributed by atoms with Crippen LogP contribution in [-0.4, -0.2) is 22.8 Å². The number of phenolic OH excluding ortho intramolecular Hbond substituents is 1. The van der Waals surface area contributed by atoms with E-state index in [1.807, 2.05) is 58.9 Å². The Balaban J connectivity index is 1.85. The minimum atomic E-state index is -0.194. The van der Waals surface area contributed by atoms with Gasteiger partial charge in [-0.2, -0.15) is 0 Å². The molecule has 1 N–H and O–H groups in total. The van der Waals surface area contributed by atoms with Gasteiger partial charge in [-0.25, -0.2) is 4.99 Å². The zero-order valence-electron chi connectivity index (χ0n) is 20.3. The van der Waals surface area contributed by atoms with Gasteiger partial charge in [0.05, 0.1) is 22.9 Å². The van der Waals surface area contributed by atoms with Crippen molar-refractivity contribution in [1.29, 1.82) is 0 Å². The normalized spacial score (nSPS) is 15.9. The number of rotatable bonds is 5. The number of hydrogen-bond acceptors (Lipinski definition) is 5. The van der Waals surface area contributed by atoms with Gasteiger partial charge in [0.2, 0.25) is 0 Å². The van der Waals surface area contributed by atoms with Crippen molar-refractivity contribution < 1.29 is 14.6 Å². The van der Waals surface area contributed by atoms with E-state index in [-0.39, 0.29) is 11.7 Å². The monoisotopic (exact) mass is 550 g/mol. The third-order valence-electron chi connectivity index (χ3n) is 5.36. The van der Waals surface area contributed by atoms with E-state index in [2.05, 4.69) is 28.1 Å². The van der Waals surface area contributed by atoms with E-state index >= 15 is 0 Å². The fourth-order valence-corrected chi connectivity index (χ4v) is 5.54. The number of aromatic hydroxyl groups is 1. The SMILES string of the molecule is CCOc1cc(Br)cc(/C=C2/SC(=Nc3cc(C)cc(C)c3)N(c3cc(C)cc(C)c3)C2=O)c1O. The zero-order valence-corrected chi connectivity index (χ0v) is 22.8. The largest absolute Gasteiger partial charge is 0.504 e. The molecule has 1 aliphatic rings. The summed E-state index contributed by atoms with van der Waals surface area (Å²) >= 11 is 4.76. The number of benzene rings is 3. The Morgan fingerprint density at radius 3 is 2.17 bits per heavy atom. The average Bonchev–Trinajstić information content (AvgIpc) is 3.04. The maximum absolute atomic E-state index is 13.7. The van der Waals surface area contributed by atoms with Crippen LogP contribution in [0.1, 0.15) is 34.7 Å². The van der Waals surface area contributed by atoms with E-state index in [0.29, 0.717) is 28.0 Å². The summed E-state index contributed by atoms with van der Waals surface area (Å²) in [6.45, 7) is 10.4. The van der Waals surface area contributed by atoms with E-state index in [0.717, 1.165) is 38.1 Å². The highest BCUT2D eigenvalue weighted by atomic mass is 79.9. The number of nitrogens with zero attached hydrogens (tertiary/aromatic N) is 2. The third kappa shape index (κ3) is 5.63. The highest BCUT2D eigenvalue weighted by Crippen LogP contribution is 2.41. The Morgan fingerprint density at radius 2 is 1.57 bits per heavy atom. The maximum atomic E-state index is 13.7. The van der Waals surface area contributed by atoms with E-state index in [4.69, 9.17) is 9.73 Å². The molecule has 0 aromatic heterocycles. The van der Waals surface area contributed by atoms with E-state index < -0.39 is 0 Å². The average molecular weight is 552 g/mol. The van der Waals surface area contributed by atoms with Gasteiger partial charge >= 0.3 is 0 Å². The first-order chi connectivity index (χ1) is 16.6. The van der Waals surface area contributed by atoms with Crippen molar-refractivity contribution in [2.24, 2.45) is 4.99 Å². The summed E-state index contributed by atoms with van der Waals surface area (Å²) in [5.74, 6) is 0.161. The first-order valence-electron chi connectivity index (χ1n) is 11.3. The number of ether oxygens (including phenoxy) is 1. The van der Waals surface area contributed by atoms with Gasteiger partial charge < -0.3 is 9.84 Å². The molecule has 0 atom stereocenters. The van der Waals surface area contributed by atoms with Gasteiger partial charge in [0, 0.05) is 10.0 Å². The molecule has 1 amide bonds. The summed E-state index contributed by atoms with van der Waals surface area (Å²) in [6, 6.07) is 15.6. The highest BCUT2D eigenvalue weighted by Gasteiger charge is 2.35. The molecular weight excluding hydrogens is 524 g/mol. The summed E-state index contributed by atoms with van der Waals surface area (Å²) in [7, 11) is 0. The molecule has 0 radical (unpaired) electrons. The second-order valence-corrected chi connectivity index (χ2v) is 10.5. The molecule has 0 saturated carbocycles. The van der Waals surface area contributed by atoms with Crippen molar-refractivity contribution in [2.75, 3.05) is 11.5 Å². The molecule has 0 spiro atoms. The van der Waals surface area contributed by atoms with Crippen molar-refractivity contribution in [3.8, 4) is 11.5 Å². The van der Waals surface area contributed by atoms with Crippen molar-refractivity contribution in [2.45, 2.75) is 34.6 Å². The molecule has 3 aromatic carbocycles. The molecule has 7 heteroatoms. The topological polar surface area (TPSA) is 62.1 Å². The molecule has 35 heavy (non-hydrogen) atoms. The second-order valence-electron chi connectivity index (χ2n) is 8.61. The van der Waals surface area contributed by atoms with Crippen LogP contribution >= 0.6 is 27.7 Å². The lowest BCUT2D eigenvalue weighted by Gasteiger charge is -2.17. The molecule has 180 valence electrons. The molecular formula is C28H27BrN2O3S. The van der Waals surface area contributed by atoms with Crippen LogP contribution in [0.5, 0.6) is 11.5 Å². The number of halogens is 1. The van der Waals surface area contributed by atoms with Crippen LogP contribution in [0.4, 0.5) is 11.4 Å². The standard InChI is InChI=1S/C28H27BrN2O3S/c1-6-34-24-15-21(29)13-20(26(24)32)14-25-27(33)31(23-11-18(4)8-19(5)12-23)28(35-25)30-22-9-16(2)7-17(3)10-22/h7-15,32H,6H2,1-5H3/b25-14+,30-28?. The molecule has 0 bridgehead atoms. The van der Waals surface area contributed by atoms with Gasteiger partial charge in [-0.15, -0.1) is 0 Å². The van der Waals surface area contributed by atoms with E-state index in [1.165, 1.54) is 11.8 Å². The van der Waals surface area contributed by atoms with Gasteiger partial charge in [0.25, 0.3) is 5.91 Å². The second kappa shape index (κ2) is 10.3. The summed E-state index contributed by atoms with van der Waals surface area (Å²) in [4.78, 5) is 20.7. The number of hydrogen-bond donors (Lipinski definition) is 1.